The smallest absolute Gasteiger partial charge is 0.0393 e. The quantitative estimate of drug-likeness (QED) is 0.243. The number of hydrogen-bond donors (Lipinski definition) is 0. The van der Waals surface area contributed by atoms with Crippen molar-refractivity contribution in [3.05, 3.63) is 31.0 Å². The zero-order valence-corrected chi connectivity index (χ0v) is 2.86. The van der Waals surface area contributed by atoms with Crippen LogP contribution < -0.4 is 0 Å². The lowest BCUT2D eigenvalue weighted by Crippen LogP contribution is -1.29. The summed E-state index contributed by atoms with van der Waals surface area (Å²) >= 11 is 0. The lowest BCUT2D eigenvalue weighted by Gasteiger charge is -1.44. The van der Waals surface area contributed by atoms with Crippen LogP contribution in [0.1, 0.15) is 0 Å². The van der Waals surface area contributed by atoms with Gasteiger partial charge >= 0.3 is 0 Å². The van der Waals surface area contributed by atoms with E-state index in [1.54, 1.807) is 0 Å². The molecule has 0 aliphatic rings. The Morgan fingerprint density at radius 2 is 2.60 bits per heavy atom. The van der Waals surface area contributed by atoms with Crippen LogP contribution in [0.5, 0.6) is 0 Å². The average Bonchev–Trinajstić information content (AvgIpc) is 1.41. The fourth-order valence-electron chi connectivity index (χ4n) is 0.0589. The Labute approximate surface area is 32.1 Å². The molecule has 24 valence electrons. The molecule has 0 saturated heterocycles. The summed E-state index contributed by atoms with van der Waals surface area (Å²) in [5.41, 5.74) is 2.15. The van der Waals surface area contributed by atoms with E-state index >= 15 is 0 Å². The van der Waals surface area contributed by atoms with E-state index in [0.29, 0.717) is 0 Å². The molecule has 0 rings (SSSR count). The molecule has 0 amide bonds. The molecule has 0 fully saturated rings. The third kappa shape index (κ3) is 3.17. The van der Waals surface area contributed by atoms with E-state index in [-0.39, 0.29) is 0 Å². The molecule has 0 aliphatic carbocycles. The first-order chi connectivity index (χ1) is 2.41. The number of hydrogen-bond acceptors (Lipinski definition) is 0. The van der Waals surface area contributed by atoms with Crippen molar-refractivity contribution in [3.8, 4) is 0 Å². The molecule has 0 heterocycles. The van der Waals surface area contributed by atoms with Gasteiger partial charge in [0.15, 0.2) is 0 Å². The standard InChI is InChI=1S/C5H4/c1-3-5-4-2/h1,4H,2H2. The summed E-state index contributed by atoms with van der Waals surface area (Å²) in [5.74, 6) is 0. The highest BCUT2D eigenvalue weighted by molar-refractivity contribution is 4.82. The maximum atomic E-state index is 4.71. The van der Waals surface area contributed by atoms with Gasteiger partial charge in [-0.2, -0.15) is 0 Å². The SMILES string of the molecule is [CH+]=C=[C-]C=C. The van der Waals surface area contributed by atoms with Gasteiger partial charge in [-0.1, -0.05) is 18.4 Å². The van der Waals surface area contributed by atoms with Crippen LogP contribution in [0.2, 0.25) is 0 Å². The Kier molecular flexibility index (Phi) is 2.64. The van der Waals surface area contributed by atoms with Crippen molar-refractivity contribution >= 4 is 0 Å². The van der Waals surface area contributed by atoms with Gasteiger partial charge in [0.25, 0.3) is 0 Å². The summed E-state index contributed by atoms with van der Waals surface area (Å²) in [6.07, 6.45) is 3.85. The van der Waals surface area contributed by atoms with Gasteiger partial charge in [-0.3, -0.25) is 0 Å². The highest BCUT2D eigenvalue weighted by Crippen LogP contribution is 1.54. The zero-order valence-electron chi connectivity index (χ0n) is 2.86. The molecular weight excluding hydrogens is 60.1 g/mol. The molecule has 0 aromatic heterocycles. The van der Waals surface area contributed by atoms with Gasteiger partial charge in [-0.25, -0.2) is 0 Å². The van der Waals surface area contributed by atoms with Crippen LogP contribution in [0.25, 0.3) is 0 Å². The molecule has 0 aliphatic heterocycles. The van der Waals surface area contributed by atoms with Gasteiger partial charge in [-0.05, 0) is 0 Å². The summed E-state index contributed by atoms with van der Waals surface area (Å²) < 4.78 is 0. The first-order valence-electron chi connectivity index (χ1n) is 1.24. The van der Waals surface area contributed by atoms with E-state index < -0.39 is 0 Å². The molecular formula is C5H4. The second kappa shape index (κ2) is 3.17. The van der Waals surface area contributed by atoms with E-state index in [9.17, 15) is 0 Å². The Morgan fingerprint density at radius 3 is 2.60 bits per heavy atom. The minimum absolute atomic E-state index is 1.44. The molecule has 0 nitrogen and oxygen atoms in total. The lowest BCUT2D eigenvalue weighted by molar-refractivity contribution is 1.98. The van der Waals surface area contributed by atoms with Crippen molar-refractivity contribution in [2.45, 2.75) is 0 Å². The molecule has 0 aromatic carbocycles. The predicted octanol–water partition coefficient (Wildman–Crippen LogP) is 1.12. The molecule has 0 spiro atoms. The maximum absolute atomic E-state index is 4.71. The van der Waals surface area contributed by atoms with Gasteiger partial charge < -0.3 is 0 Å². The second-order valence-electron chi connectivity index (χ2n) is 0.493. The molecule has 0 heteroatoms. The molecule has 0 saturated carbocycles. The van der Waals surface area contributed by atoms with Gasteiger partial charge in [0, 0.05) is 6.08 Å². The monoisotopic (exact) mass is 64.0 g/mol. The topological polar surface area (TPSA) is 0 Å². The van der Waals surface area contributed by atoms with Gasteiger partial charge in [0.05, 0.1) is 0 Å². The third-order valence-electron chi connectivity index (χ3n) is 0.185. The fourth-order valence-corrected chi connectivity index (χ4v) is 0.0589. The van der Waals surface area contributed by atoms with Crippen LogP contribution in [-0.2, 0) is 0 Å². The Balaban J connectivity index is 3.31. The molecule has 0 unspecified atom stereocenters. The third-order valence-corrected chi connectivity index (χ3v) is 0.185. The molecule has 0 radical (unpaired) electrons. The largest absolute Gasteiger partial charge is 0.115 e. The molecule has 0 atom stereocenters. The van der Waals surface area contributed by atoms with Crippen molar-refractivity contribution in [2.24, 2.45) is 0 Å². The molecule has 5 heavy (non-hydrogen) atoms. The summed E-state index contributed by atoms with van der Waals surface area (Å²) in [7, 11) is 0. The highest BCUT2D eigenvalue weighted by atomic mass is 13.4. The molecule has 0 N–H and O–H groups in total. The van der Waals surface area contributed by atoms with Gasteiger partial charge in [-0.15, -0.1) is 6.58 Å². The van der Waals surface area contributed by atoms with Crippen LogP contribution in [0.15, 0.2) is 18.4 Å². The molecule has 0 bridgehead atoms. The van der Waals surface area contributed by atoms with E-state index in [1.807, 2.05) is 0 Å². The van der Waals surface area contributed by atoms with E-state index in [4.69, 9.17) is 6.58 Å². The lowest BCUT2D eigenvalue weighted by atomic mass is 10.6. The van der Waals surface area contributed by atoms with Crippen molar-refractivity contribution < 1.29 is 0 Å². The maximum Gasteiger partial charge on any atom is 0.0393 e. The van der Waals surface area contributed by atoms with Crippen LogP contribution in [0, 0.1) is 12.7 Å². The summed E-state index contributed by atoms with van der Waals surface area (Å²) in [5, 5.41) is 0. The van der Waals surface area contributed by atoms with Crippen LogP contribution in [0.3, 0.4) is 0 Å². The van der Waals surface area contributed by atoms with Crippen LogP contribution >= 0.6 is 0 Å². The minimum Gasteiger partial charge on any atom is -0.115 e. The Hall–Kier alpha value is -0.830. The predicted molar refractivity (Wildman–Crippen MR) is 21.3 cm³/mol. The summed E-state index contributed by atoms with van der Waals surface area (Å²) in [6, 6.07) is 0. The van der Waals surface area contributed by atoms with Crippen molar-refractivity contribution in [3.63, 3.8) is 0 Å². The van der Waals surface area contributed by atoms with E-state index in [1.165, 1.54) is 6.08 Å². The van der Waals surface area contributed by atoms with E-state index in [2.05, 4.69) is 18.4 Å². The van der Waals surface area contributed by atoms with E-state index in [0.717, 1.165) is 0 Å². The second-order valence-corrected chi connectivity index (χ2v) is 0.493. The zero-order chi connectivity index (χ0) is 4.12. The highest BCUT2D eigenvalue weighted by Gasteiger charge is 1.39. The van der Waals surface area contributed by atoms with Crippen LogP contribution in [0.4, 0.5) is 0 Å². The Morgan fingerprint density at radius 1 is 2.00 bits per heavy atom. The Bertz CT molecular complexity index is 64.1. The van der Waals surface area contributed by atoms with Crippen molar-refractivity contribution in [1.82, 2.24) is 0 Å². The van der Waals surface area contributed by atoms with Gasteiger partial charge in [0.2, 0.25) is 0 Å². The van der Waals surface area contributed by atoms with Gasteiger partial charge in [0.1, 0.15) is 0 Å². The van der Waals surface area contributed by atoms with Crippen molar-refractivity contribution in [2.75, 3.05) is 0 Å². The first kappa shape index (κ1) is 4.17. The molecule has 0 aromatic rings. The minimum atomic E-state index is 1.44. The number of allylic oxidation sites excluding steroid dienone is 2. The first-order valence-corrected chi connectivity index (χ1v) is 1.24. The fraction of sp³-hybridized carbons (Fsp3) is 0. The van der Waals surface area contributed by atoms with Crippen LogP contribution in [-0.4, -0.2) is 0 Å². The summed E-state index contributed by atoms with van der Waals surface area (Å²) in [6.45, 7) is 8.00. The summed E-state index contributed by atoms with van der Waals surface area (Å²) in [4.78, 5) is 0. The number of rotatable bonds is 1. The normalized spacial score (nSPS) is 4.60. The average molecular weight is 64.1 g/mol. The van der Waals surface area contributed by atoms with Crippen molar-refractivity contribution in [1.29, 1.82) is 0 Å².